The molecule has 1 amide bonds. The summed E-state index contributed by atoms with van der Waals surface area (Å²) in [7, 11) is 1.58. The number of rotatable bonds is 4. The zero-order valence-electron chi connectivity index (χ0n) is 16.1. The summed E-state index contributed by atoms with van der Waals surface area (Å²) in [4.78, 5) is 23.4. The average molecular weight is 384 g/mol. The molecule has 6 rings (SSSR count). The van der Waals surface area contributed by atoms with Crippen molar-refractivity contribution in [2.45, 2.75) is 51.0 Å². The summed E-state index contributed by atoms with van der Waals surface area (Å²) in [5.41, 5.74) is -0.0326. The fourth-order valence-electron chi connectivity index (χ4n) is 6.14. The average Bonchev–Trinajstić information content (AvgIpc) is 3.19. The Morgan fingerprint density at radius 3 is 2.39 bits per heavy atom. The second kappa shape index (κ2) is 5.89. The van der Waals surface area contributed by atoms with Crippen molar-refractivity contribution in [3.8, 4) is 0 Å². The molecule has 0 saturated heterocycles. The molecule has 0 radical (unpaired) electrons. The number of amides is 1. The summed E-state index contributed by atoms with van der Waals surface area (Å²) in [6.45, 7) is 1.57. The summed E-state index contributed by atoms with van der Waals surface area (Å²) in [6, 6.07) is 1.78. The minimum atomic E-state index is -0.605. The number of nitrogens with zero attached hydrogens (tertiary/aromatic N) is 5. The topological polar surface area (TPSA) is 108 Å². The summed E-state index contributed by atoms with van der Waals surface area (Å²) in [6.07, 6.45) is 9.50. The number of carbonyl (C=O) groups is 1. The lowest BCUT2D eigenvalue weighted by atomic mass is 9.53. The van der Waals surface area contributed by atoms with E-state index in [1.54, 1.807) is 20.0 Å². The maximum absolute atomic E-state index is 12.6. The van der Waals surface area contributed by atoms with Crippen LogP contribution in [0.25, 0.3) is 0 Å². The van der Waals surface area contributed by atoms with E-state index in [0.29, 0.717) is 11.5 Å². The molecule has 0 spiro atoms. The molecule has 4 fully saturated rings. The van der Waals surface area contributed by atoms with Crippen LogP contribution in [0.3, 0.4) is 0 Å². The van der Waals surface area contributed by atoms with Gasteiger partial charge in [0.05, 0.1) is 10.5 Å². The van der Waals surface area contributed by atoms with E-state index in [-0.39, 0.29) is 16.9 Å². The summed E-state index contributed by atoms with van der Waals surface area (Å²) in [5.74, 6) is 2.21. The van der Waals surface area contributed by atoms with Gasteiger partial charge in [-0.2, -0.15) is 10.2 Å². The van der Waals surface area contributed by atoms with E-state index in [2.05, 4.69) is 15.5 Å². The highest BCUT2D eigenvalue weighted by Crippen LogP contribution is 2.58. The Bertz CT molecular complexity index is 939. The number of hydrogen-bond donors (Lipinski definition) is 1. The van der Waals surface area contributed by atoms with Crippen LogP contribution in [-0.4, -0.2) is 30.4 Å². The smallest absolute Gasteiger partial charge is 0.303 e. The molecule has 4 aliphatic rings. The van der Waals surface area contributed by atoms with Gasteiger partial charge in [-0.1, -0.05) is 0 Å². The van der Waals surface area contributed by atoms with Gasteiger partial charge < -0.3 is 5.32 Å². The van der Waals surface area contributed by atoms with Gasteiger partial charge in [0.1, 0.15) is 5.69 Å². The normalized spacial score (nSPS) is 30.6. The van der Waals surface area contributed by atoms with Crippen LogP contribution in [0, 0.1) is 34.8 Å². The molecule has 28 heavy (non-hydrogen) atoms. The lowest BCUT2D eigenvalue weighted by Crippen LogP contribution is -2.52. The molecule has 0 unspecified atom stereocenters. The standard InChI is InChI=1S/C19H24N6O3/c1-11-17(25(27)28)16(22-23(11)2)18(26)20-15-3-4-24(21-15)19-8-12-5-13(9-19)7-14(6-12)10-19/h3-4,12-14H,5-10H2,1-2H3,(H,20,21,26). The second-order valence-corrected chi connectivity index (χ2v) is 8.90. The fraction of sp³-hybridized carbons (Fsp3) is 0.632. The first-order valence-corrected chi connectivity index (χ1v) is 9.90. The number of aryl methyl sites for hydroxylation is 1. The maximum Gasteiger partial charge on any atom is 0.322 e. The van der Waals surface area contributed by atoms with E-state index in [9.17, 15) is 14.9 Å². The van der Waals surface area contributed by atoms with Gasteiger partial charge in [-0.15, -0.1) is 0 Å². The number of carbonyl (C=O) groups excluding carboxylic acids is 1. The van der Waals surface area contributed by atoms with E-state index in [0.717, 1.165) is 17.8 Å². The number of hydrogen-bond acceptors (Lipinski definition) is 5. The zero-order valence-corrected chi connectivity index (χ0v) is 16.1. The van der Waals surface area contributed by atoms with E-state index < -0.39 is 10.8 Å². The molecule has 1 N–H and O–H groups in total. The molecule has 4 saturated carbocycles. The fourth-order valence-corrected chi connectivity index (χ4v) is 6.14. The Labute approximate surface area is 162 Å². The Kier molecular flexibility index (Phi) is 3.66. The van der Waals surface area contributed by atoms with Crippen LogP contribution in [0.4, 0.5) is 11.5 Å². The third-order valence-electron chi connectivity index (χ3n) is 7.02. The molecule has 2 aromatic heterocycles. The van der Waals surface area contributed by atoms with Crippen LogP contribution in [0.5, 0.6) is 0 Å². The monoisotopic (exact) mass is 384 g/mol. The molecule has 0 aromatic carbocycles. The number of anilines is 1. The Morgan fingerprint density at radius 1 is 1.21 bits per heavy atom. The van der Waals surface area contributed by atoms with Gasteiger partial charge in [0.15, 0.2) is 5.82 Å². The summed E-state index contributed by atoms with van der Waals surface area (Å²) >= 11 is 0. The molecule has 4 bridgehead atoms. The third kappa shape index (κ3) is 2.56. The predicted octanol–water partition coefficient (Wildman–Crippen LogP) is 3.01. The number of aromatic nitrogens is 4. The van der Waals surface area contributed by atoms with Crippen LogP contribution in [-0.2, 0) is 12.6 Å². The van der Waals surface area contributed by atoms with Gasteiger partial charge in [-0.3, -0.25) is 24.3 Å². The molecular weight excluding hydrogens is 360 g/mol. The Balaban J connectivity index is 1.39. The van der Waals surface area contributed by atoms with Crippen LogP contribution >= 0.6 is 0 Å². The van der Waals surface area contributed by atoms with Gasteiger partial charge in [-0.05, 0) is 63.2 Å². The molecule has 2 aromatic rings. The zero-order chi connectivity index (χ0) is 19.6. The van der Waals surface area contributed by atoms with Crippen molar-refractivity contribution in [1.29, 1.82) is 0 Å². The minimum Gasteiger partial charge on any atom is -0.303 e. The molecule has 0 atom stereocenters. The van der Waals surface area contributed by atoms with Gasteiger partial charge in [-0.25, -0.2) is 0 Å². The Hall–Kier alpha value is -2.71. The first-order chi connectivity index (χ1) is 13.3. The Morgan fingerprint density at radius 2 is 1.82 bits per heavy atom. The molecule has 9 heteroatoms. The van der Waals surface area contributed by atoms with Crippen LogP contribution < -0.4 is 5.32 Å². The van der Waals surface area contributed by atoms with Crippen LogP contribution in [0.1, 0.15) is 54.7 Å². The van der Waals surface area contributed by atoms with Crippen molar-refractivity contribution in [3.63, 3.8) is 0 Å². The van der Waals surface area contributed by atoms with E-state index in [1.807, 2.05) is 10.9 Å². The minimum absolute atomic E-state index is 0.0747. The first kappa shape index (κ1) is 17.4. The van der Waals surface area contributed by atoms with Crippen molar-refractivity contribution in [2.75, 3.05) is 5.32 Å². The van der Waals surface area contributed by atoms with Crippen molar-refractivity contribution in [2.24, 2.45) is 24.8 Å². The van der Waals surface area contributed by atoms with Gasteiger partial charge in [0.25, 0.3) is 5.91 Å². The van der Waals surface area contributed by atoms with Gasteiger partial charge in [0.2, 0.25) is 5.69 Å². The van der Waals surface area contributed by atoms with Crippen molar-refractivity contribution < 1.29 is 9.72 Å². The number of nitrogens with one attached hydrogen (secondary N) is 1. The lowest BCUT2D eigenvalue weighted by Gasteiger charge is -2.56. The van der Waals surface area contributed by atoms with Crippen molar-refractivity contribution in [1.82, 2.24) is 19.6 Å². The molecular formula is C19H24N6O3. The molecule has 0 aliphatic heterocycles. The maximum atomic E-state index is 12.6. The van der Waals surface area contributed by atoms with Crippen LogP contribution in [0.15, 0.2) is 12.3 Å². The van der Waals surface area contributed by atoms with Crippen LogP contribution in [0.2, 0.25) is 0 Å². The highest BCUT2D eigenvalue weighted by molar-refractivity contribution is 6.05. The van der Waals surface area contributed by atoms with Crippen molar-refractivity contribution >= 4 is 17.4 Å². The predicted molar refractivity (Wildman–Crippen MR) is 101 cm³/mol. The second-order valence-electron chi connectivity index (χ2n) is 8.90. The molecule has 9 nitrogen and oxygen atoms in total. The SMILES string of the molecule is Cc1c([N+](=O)[O-])c(C(=O)Nc2ccn(C34CC5CC(CC(C5)C3)C4)n2)nn1C. The lowest BCUT2D eigenvalue weighted by molar-refractivity contribution is -0.385. The van der Waals surface area contributed by atoms with E-state index in [4.69, 9.17) is 0 Å². The highest BCUT2D eigenvalue weighted by Gasteiger charge is 2.52. The number of nitro groups is 1. The summed E-state index contributed by atoms with van der Waals surface area (Å²) in [5, 5.41) is 22.7. The van der Waals surface area contributed by atoms with E-state index >= 15 is 0 Å². The molecule has 148 valence electrons. The first-order valence-electron chi connectivity index (χ1n) is 9.90. The van der Waals surface area contributed by atoms with Crippen molar-refractivity contribution in [3.05, 3.63) is 33.8 Å². The largest absolute Gasteiger partial charge is 0.322 e. The summed E-state index contributed by atoms with van der Waals surface area (Å²) < 4.78 is 3.40. The third-order valence-corrected chi connectivity index (χ3v) is 7.02. The molecule has 4 aliphatic carbocycles. The van der Waals surface area contributed by atoms with Gasteiger partial charge in [0, 0.05) is 19.3 Å². The molecule has 2 heterocycles. The highest BCUT2D eigenvalue weighted by atomic mass is 16.6. The quantitative estimate of drug-likeness (QED) is 0.644. The van der Waals surface area contributed by atoms with E-state index in [1.165, 1.54) is 43.2 Å². The van der Waals surface area contributed by atoms with Gasteiger partial charge >= 0.3 is 5.69 Å².